The number of hydrogen-bond acceptors (Lipinski definition) is 7. The summed E-state index contributed by atoms with van der Waals surface area (Å²) in [6.45, 7) is 9.72. The summed E-state index contributed by atoms with van der Waals surface area (Å²) in [5.41, 5.74) is 0.910. The predicted octanol–water partition coefficient (Wildman–Crippen LogP) is 1.94. The molecule has 1 aromatic heterocycles. The van der Waals surface area contributed by atoms with Crippen molar-refractivity contribution < 1.29 is 28.7 Å². The van der Waals surface area contributed by atoms with Crippen LogP contribution in [-0.4, -0.2) is 108 Å². The first-order valence-electron chi connectivity index (χ1n) is 16.9. The second-order valence-electron chi connectivity index (χ2n) is 14.6. The molecular formula is C35H48N6O6. The molecule has 4 aliphatic rings. The van der Waals surface area contributed by atoms with Crippen molar-refractivity contribution in [1.82, 2.24) is 30.2 Å². The number of amides is 4. The van der Waals surface area contributed by atoms with E-state index in [0.717, 1.165) is 24.8 Å². The molecule has 4 amide bonds. The molecule has 0 bridgehead atoms. The fourth-order valence-electron chi connectivity index (χ4n) is 7.40. The lowest BCUT2D eigenvalue weighted by molar-refractivity contribution is -0.152. The number of likely N-dealkylation sites (N-methyl/N-ethyl adjacent to an activating group) is 1. The van der Waals surface area contributed by atoms with Crippen molar-refractivity contribution in [3.63, 3.8) is 0 Å². The molecule has 2 aromatic rings. The maximum Gasteiger partial charge on any atom is 0.257 e. The molecule has 1 saturated carbocycles. The Hall–Kier alpha value is -3.77. The number of carbonyl (C=O) groups is 4. The van der Waals surface area contributed by atoms with Crippen molar-refractivity contribution in [3.8, 4) is 0 Å². The third-order valence-electron chi connectivity index (χ3n) is 10.7. The van der Waals surface area contributed by atoms with E-state index in [1.54, 1.807) is 28.9 Å². The second-order valence-corrected chi connectivity index (χ2v) is 14.6. The molecule has 4 atom stereocenters. The van der Waals surface area contributed by atoms with Gasteiger partial charge < -0.3 is 29.9 Å². The van der Waals surface area contributed by atoms with Crippen LogP contribution in [0.3, 0.4) is 0 Å². The highest BCUT2D eigenvalue weighted by atomic mass is 16.5. The van der Waals surface area contributed by atoms with Crippen LogP contribution in [0.4, 0.5) is 0 Å². The summed E-state index contributed by atoms with van der Waals surface area (Å²) in [6.07, 6.45) is 5.39. The predicted molar refractivity (Wildman–Crippen MR) is 173 cm³/mol. The number of likely N-dealkylation sites (tertiary alicyclic amines) is 2. The third kappa shape index (κ3) is 7.08. The number of ether oxygens (including phenoxy) is 2. The summed E-state index contributed by atoms with van der Waals surface area (Å²) in [4.78, 5) is 57.8. The minimum Gasteiger partial charge on any atom is -0.381 e. The largest absolute Gasteiger partial charge is 0.381 e. The van der Waals surface area contributed by atoms with Gasteiger partial charge in [-0.25, -0.2) is 0 Å². The topological polar surface area (TPSA) is 135 Å². The van der Waals surface area contributed by atoms with E-state index >= 15 is 0 Å². The molecule has 1 spiro atoms. The molecule has 0 radical (unpaired) electrons. The number of aromatic nitrogens is 2. The van der Waals surface area contributed by atoms with Gasteiger partial charge in [0.1, 0.15) is 6.04 Å². The maximum atomic E-state index is 14.1. The van der Waals surface area contributed by atoms with Gasteiger partial charge in [0.05, 0.1) is 36.9 Å². The summed E-state index contributed by atoms with van der Waals surface area (Å²) in [5, 5.41) is 10.1. The van der Waals surface area contributed by atoms with Crippen molar-refractivity contribution >= 4 is 23.6 Å². The van der Waals surface area contributed by atoms with Crippen molar-refractivity contribution in [2.45, 2.75) is 58.7 Å². The zero-order valence-electron chi connectivity index (χ0n) is 27.9. The first kappa shape index (κ1) is 33.1. The van der Waals surface area contributed by atoms with Gasteiger partial charge >= 0.3 is 0 Å². The summed E-state index contributed by atoms with van der Waals surface area (Å²) in [6, 6.07) is 8.98. The Morgan fingerprint density at radius 3 is 2.38 bits per heavy atom. The standard InChI is InChI=1S/C35H48N6O6/c1-23(47-19-25-10-12-46-13-11-25)29(31(43)36-4)38-30(42)28-18-39(20-35(28)21-40(22-35)33(45)27-14-34(27,2)3)32(44)26-15-37-41(17-26)16-24-8-6-5-7-9-24/h5-9,15,17,23,25,27-29H,10-14,16,18-22H2,1-4H3,(H,36,43)(H,38,42)/t23-,27-,28-,29+/m1/s1. The van der Waals surface area contributed by atoms with Crippen LogP contribution in [0, 0.1) is 28.6 Å². The molecule has 4 fully saturated rings. The lowest BCUT2D eigenvalue weighted by Gasteiger charge is -2.50. The monoisotopic (exact) mass is 648 g/mol. The Labute approximate surface area is 276 Å². The highest BCUT2D eigenvalue weighted by Gasteiger charge is 2.62. The molecule has 4 heterocycles. The molecule has 3 saturated heterocycles. The molecule has 47 heavy (non-hydrogen) atoms. The minimum absolute atomic E-state index is 0.00425. The van der Waals surface area contributed by atoms with Gasteiger partial charge in [0, 0.05) is 64.0 Å². The first-order chi connectivity index (χ1) is 22.5. The van der Waals surface area contributed by atoms with E-state index in [-0.39, 0.29) is 41.5 Å². The smallest absolute Gasteiger partial charge is 0.257 e. The molecule has 1 aliphatic carbocycles. The summed E-state index contributed by atoms with van der Waals surface area (Å²) >= 11 is 0. The molecular weight excluding hydrogens is 600 g/mol. The average molecular weight is 649 g/mol. The van der Waals surface area contributed by atoms with Crippen LogP contribution >= 0.6 is 0 Å². The van der Waals surface area contributed by atoms with E-state index in [4.69, 9.17) is 9.47 Å². The summed E-state index contributed by atoms with van der Waals surface area (Å²) in [7, 11) is 1.54. The van der Waals surface area contributed by atoms with Crippen molar-refractivity contribution in [1.29, 1.82) is 0 Å². The zero-order valence-corrected chi connectivity index (χ0v) is 27.9. The average Bonchev–Trinajstić information content (AvgIpc) is 3.37. The zero-order chi connectivity index (χ0) is 33.3. The summed E-state index contributed by atoms with van der Waals surface area (Å²) < 4.78 is 13.3. The molecule has 2 N–H and O–H groups in total. The Balaban J connectivity index is 1.16. The van der Waals surface area contributed by atoms with Gasteiger partial charge in [0.2, 0.25) is 17.7 Å². The quantitative estimate of drug-likeness (QED) is 0.380. The SMILES string of the molecule is CNC(=O)[C@@H](NC(=O)[C@H]1CN(C(=O)c2cnn(Cc3ccccc3)c2)CC12CN(C(=O)[C@H]1CC1(C)C)C2)[C@@H](C)OCC1CCOCC1. The van der Waals surface area contributed by atoms with E-state index in [1.165, 1.54) is 7.05 Å². The highest BCUT2D eigenvalue weighted by Crippen LogP contribution is 2.54. The summed E-state index contributed by atoms with van der Waals surface area (Å²) in [5.74, 6) is -1.01. The second kappa shape index (κ2) is 13.4. The van der Waals surface area contributed by atoms with Crippen molar-refractivity contribution in [2.75, 3.05) is 53.0 Å². The third-order valence-corrected chi connectivity index (χ3v) is 10.7. The van der Waals surface area contributed by atoms with Crippen LogP contribution in [-0.2, 0) is 30.4 Å². The highest BCUT2D eigenvalue weighted by molar-refractivity contribution is 5.95. The molecule has 12 nitrogen and oxygen atoms in total. The van der Waals surface area contributed by atoms with E-state index < -0.39 is 23.5 Å². The van der Waals surface area contributed by atoms with Crippen LogP contribution in [0.1, 0.15) is 56.0 Å². The van der Waals surface area contributed by atoms with Gasteiger partial charge in [-0.1, -0.05) is 44.2 Å². The van der Waals surface area contributed by atoms with E-state index in [9.17, 15) is 19.2 Å². The molecule has 254 valence electrons. The Bertz CT molecular complexity index is 1460. The van der Waals surface area contributed by atoms with E-state index in [0.29, 0.717) is 57.5 Å². The van der Waals surface area contributed by atoms with Gasteiger partial charge in [-0.05, 0) is 43.1 Å². The van der Waals surface area contributed by atoms with Crippen LogP contribution in [0.2, 0.25) is 0 Å². The Morgan fingerprint density at radius 1 is 1.04 bits per heavy atom. The first-order valence-corrected chi connectivity index (χ1v) is 16.9. The Kier molecular flexibility index (Phi) is 9.44. The van der Waals surface area contributed by atoms with E-state index in [2.05, 4.69) is 29.6 Å². The lowest BCUT2D eigenvalue weighted by Crippen LogP contribution is -2.65. The number of nitrogens with zero attached hydrogens (tertiary/aromatic N) is 4. The molecule has 0 unspecified atom stereocenters. The fourth-order valence-corrected chi connectivity index (χ4v) is 7.40. The molecule has 12 heteroatoms. The molecule has 1 aromatic carbocycles. The molecule has 6 rings (SSSR count). The number of hydrogen-bond donors (Lipinski definition) is 2. The number of rotatable bonds is 11. The number of benzene rings is 1. The normalized spacial score (nSPS) is 24.3. The molecule has 3 aliphatic heterocycles. The fraction of sp³-hybridized carbons (Fsp3) is 0.629. The van der Waals surface area contributed by atoms with Crippen LogP contribution in [0.25, 0.3) is 0 Å². The van der Waals surface area contributed by atoms with Gasteiger partial charge in [-0.3, -0.25) is 23.9 Å². The maximum absolute atomic E-state index is 14.1. The van der Waals surface area contributed by atoms with Crippen LogP contribution in [0.5, 0.6) is 0 Å². The minimum atomic E-state index is -0.907. The van der Waals surface area contributed by atoms with Crippen LogP contribution < -0.4 is 10.6 Å². The van der Waals surface area contributed by atoms with Crippen molar-refractivity contribution in [2.24, 2.45) is 28.6 Å². The van der Waals surface area contributed by atoms with Gasteiger partial charge in [-0.15, -0.1) is 0 Å². The van der Waals surface area contributed by atoms with E-state index in [1.807, 2.05) is 35.2 Å². The van der Waals surface area contributed by atoms with Crippen LogP contribution in [0.15, 0.2) is 42.7 Å². The lowest BCUT2D eigenvalue weighted by atomic mass is 9.70. The number of nitrogens with one attached hydrogen (secondary N) is 2. The van der Waals surface area contributed by atoms with Crippen molar-refractivity contribution in [3.05, 3.63) is 53.9 Å². The van der Waals surface area contributed by atoms with Gasteiger partial charge in [0.15, 0.2) is 0 Å². The van der Waals surface area contributed by atoms with Gasteiger partial charge in [-0.2, -0.15) is 5.10 Å². The van der Waals surface area contributed by atoms with Gasteiger partial charge in [0.25, 0.3) is 5.91 Å². The Morgan fingerprint density at radius 2 is 1.72 bits per heavy atom. The number of carbonyl (C=O) groups excluding carboxylic acids is 4.